The van der Waals surface area contributed by atoms with Crippen LogP contribution in [-0.4, -0.2) is 58.3 Å². The van der Waals surface area contributed by atoms with Gasteiger partial charge in [-0.3, -0.25) is 4.79 Å². The highest BCUT2D eigenvalue weighted by molar-refractivity contribution is 7.98. The third kappa shape index (κ3) is 4.97. The largest absolute Gasteiger partial charge is 0.495 e. The molecule has 1 aliphatic heterocycles. The van der Waals surface area contributed by atoms with Gasteiger partial charge in [0.15, 0.2) is 0 Å². The highest BCUT2D eigenvalue weighted by Gasteiger charge is 2.30. The summed E-state index contributed by atoms with van der Waals surface area (Å²) < 4.78 is 38.1. The molecule has 1 saturated heterocycles. The Morgan fingerprint density at radius 2 is 1.83 bits per heavy atom. The first-order chi connectivity index (χ1) is 14.4. The Morgan fingerprint density at radius 3 is 2.43 bits per heavy atom. The Kier molecular flexibility index (Phi) is 7.41. The van der Waals surface area contributed by atoms with Crippen LogP contribution in [0.4, 0.5) is 0 Å². The summed E-state index contributed by atoms with van der Waals surface area (Å²) in [6.07, 6.45) is 2.01. The molecule has 1 amide bonds. The van der Waals surface area contributed by atoms with Crippen LogP contribution in [0.25, 0.3) is 0 Å². The summed E-state index contributed by atoms with van der Waals surface area (Å²) in [5.41, 5.74) is 1.23. The molecule has 3 rings (SSSR count). The van der Waals surface area contributed by atoms with Crippen LogP contribution in [0.3, 0.4) is 0 Å². The number of carbonyl (C=O) groups excluding carboxylic acids is 1. The van der Waals surface area contributed by atoms with Gasteiger partial charge in [-0.15, -0.1) is 11.8 Å². The summed E-state index contributed by atoms with van der Waals surface area (Å²) in [4.78, 5) is 13.9. The first-order valence-electron chi connectivity index (χ1n) is 9.57. The second-order valence-electron chi connectivity index (χ2n) is 6.85. The van der Waals surface area contributed by atoms with Gasteiger partial charge in [0.25, 0.3) is 5.91 Å². The quantitative estimate of drug-likeness (QED) is 0.653. The van der Waals surface area contributed by atoms with Gasteiger partial charge < -0.3 is 14.8 Å². The number of nitrogens with one attached hydrogen (secondary N) is 1. The number of sulfonamides is 1. The van der Waals surface area contributed by atoms with Crippen molar-refractivity contribution in [3.63, 3.8) is 0 Å². The molecule has 0 aliphatic carbocycles. The van der Waals surface area contributed by atoms with E-state index in [1.165, 1.54) is 23.5 Å². The van der Waals surface area contributed by atoms with E-state index in [1.807, 2.05) is 37.4 Å². The molecule has 0 spiro atoms. The van der Waals surface area contributed by atoms with Crippen LogP contribution in [0.5, 0.6) is 5.75 Å². The fourth-order valence-corrected chi connectivity index (χ4v) is 5.20. The first kappa shape index (κ1) is 22.6. The summed E-state index contributed by atoms with van der Waals surface area (Å²) in [6.45, 7) is 3.11. The second kappa shape index (κ2) is 9.82. The maximum absolute atomic E-state index is 13.1. The minimum atomic E-state index is -3.80. The Balaban J connectivity index is 1.83. The van der Waals surface area contributed by atoms with Gasteiger partial charge in [0.05, 0.1) is 26.4 Å². The minimum Gasteiger partial charge on any atom is -0.495 e. The summed E-state index contributed by atoms with van der Waals surface area (Å²) in [5, 5.41) is 2.93. The molecule has 0 saturated carbocycles. The number of ether oxygens (including phenoxy) is 2. The van der Waals surface area contributed by atoms with E-state index in [9.17, 15) is 13.2 Å². The van der Waals surface area contributed by atoms with E-state index in [1.54, 1.807) is 17.8 Å². The lowest BCUT2D eigenvalue weighted by atomic mass is 10.1. The molecule has 1 fully saturated rings. The Hall–Kier alpha value is -2.07. The number of carbonyl (C=O) groups is 1. The monoisotopic (exact) mass is 450 g/mol. The van der Waals surface area contributed by atoms with Crippen molar-refractivity contribution in [2.75, 3.05) is 39.7 Å². The number of nitrogens with zero attached hydrogens (tertiary/aromatic N) is 1. The molecule has 1 heterocycles. The van der Waals surface area contributed by atoms with Gasteiger partial charge in [-0.25, -0.2) is 8.42 Å². The average Bonchev–Trinajstić information content (AvgIpc) is 2.79. The van der Waals surface area contributed by atoms with E-state index >= 15 is 0 Å². The van der Waals surface area contributed by atoms with Crippen LogP contribution in [0.1, 0.15) is 28.9 Å². The standard InChI is InChI=1S/C21H26N2O5S2/c1-15(16-4-7-18(29-3)8-5-16)22-21(24)17-6-9-19(27-2)20(14-17)30(25,26)23-10-12-28-13-11-23/h4-9,14-15H,10-13H2,1-3H3,(H,22,24)/t15-/m1/s1. The van der Waals surface area contributed by atoms with Crippen LogP contribution in [0, 0.1) is 0 Å². The fraction of sp³-hybridized carbons (Fsp3) is 0.381. The zero-order valence-electron chi connectivity index (χ0n) is 17.3. The van der Waals surface area contributed by atoms with Crippen LogP contribution in [0.15, 0.2) is 52.3 Å². The molecular formula is C21H26N2O5S2. The zero-order valence-corrected chi connectivity index (χ0v) is 18.9. The highest BCUT2D eigenvalue weighted by atomic mass is 32.2. The van der Waals surface area contributed by atoms with Crippen molar-refractivity contribution in [2.24, 2.45) is 0 Å². The molecule has 1 atom stereocenters. The number of benzene rings is 2. The molecule has 1 aliphatic rings. The van der Waals surface area contributed by atoms with E-state index in [2.05, 4.69) is 5.32 Å². The molecule has 162 valence electrons. The van der Waals surface area contributed by atoms with E-state index in [4.69, 9.17) is 9.47 Å². The van der Waals surface area contributed by atoms with Crippen LogP contribution in [-0.2, 0) is 14.8 Å². The lowest BCUT2D eigenvalue weighted by molar-refractivity contribution is 0.0729. The third-order valence-corrected chi connectivity index (χ3v) is 7.64. The van der Waals surface area contributed by atoms with Gasteiger partial charge in [-0.2, -0.15) is 4.31 Å². The van der Waals surface area contributed by atoms with Crippen molar-refractivity contribution < 1.29 is 22.7 Å². The number of amides is 1. The number of thioether (sulfide) groups is 1. The topological polar surface area (TPSA) is 84.9 Å². The second-order valence-corrected chi connectivity index (χ2v) is 9.64. The fourth-order valence-electron chi connectivity index (χ4n) is 3.20. The predicted octanol–water partition coefficient (Wildman–Crippen LogP) is 2.93. The van der Waals surface area contributed by atoms with Crippen LogP contribution in [0.2, 0.25) is 0 Å². The normalized spacial score (nSPS) is 16.1. The van der Waals surface area contributed by atoms with E-state index in [-0.39, 0.29) is 41.2 Å². The van der Waals surface area contributed by atoms with E-state index < -0.39 is 10.0 Å². The Labute approximate surface area is 181 Å². The van der Waals surface area contributed by atoms with E-state index in [0.717, 1.165) is 10.5 Å². The van der Waals surface area contributed by atoms with Crippen molar-refractivity contribution in [3.8, 4) is 5.75 Å². The summed E-state index contributed by atoms with van der Waals surface area (Å²) >= 11 is 1.65. The lowest BCUT2D eigenvalue weighted by Crippen LogP contribution is -2.40. The number of morpholine rings is 1. The van der Waals surface area contributed by atoms with Crippen molar-refractivity contribution in [3.05, 3.63) is 53.6 Å². The molecule has 2 aromatic rings. The van der Waals surface area contributed by atoms with Gasteiger partial charge in [0.1, 0.15) is 10.6 Å². The molecule has 1 N–H and O–H groups in total. The molecular weight excluding hydrogens is 424 g/mol. The van der Waals surface area contributed by atoms with Crippen LogP contribution < -0.4 is 10.1 Å². The minimum absolute atomic E-state index is 0.0171. The maximum Gasteiger partial charge on any atom is 0.251 e. The Morgan fingerprint density at radius 1 is 1.17 bits per heavy atom. The number of methoxy groups -OCH3 is 1. The number of hydrogen-bond donors (Lipinski definition) is 1. The first-order valence-corrected chi connectivity index (χ1v) is 12.2. The lowest BCUT2D eigenvalue weighted by Gasteiger charge is -2.26. The molecule has 30 heavy (non-hydrogen) atoms. The molecule has 0 bridgehead atoms. The van der Waals surface area contributed by atoms with Gasteiger partial charge >= 0.3 is 0 Å². The zero-order chi connectivity index (χ0) is 21.7. The van der Waals surface area contributed by atoms with Gasteiger partial charge in [-0.1, -0.05) is 12.1 Å². The Bertz CT molecular complexity index is 987. The third-order valence-electron chi connectivity index (χ3n) is 4.98. The summed E-state index contributed by atoms with van der Waals surface area (Å²) in [5.74, 6) is -0.142. The molecule has 9 heteroatoms. The van der Waals surface area contributed by atoms with Crippen molar-refractivity contribution in [2.45, 2.75) is 22.8 Å². The number of rotatable bonds is 7. The molecule has 2 aromatic carbocycles. The van der Waals surface area contributed by atoms with Crippen molar-refractivity contribution >= 4 is 27.7 Å². The molecule has 0 aromatic heterocycles. The van der Waals surface area contributed by atoms with E-state index in [0.29, 0.717) is 13.2 Å². The summed E-state index contributed by atoms with van der Waals surface area (Å²) in [7, 11) is -2.39. The van der Waals surface area contributed by atoms with Crippen LogP contribution >= 0.6 is 11.8 Å². The predicted molar refractivity (Wildman–Crippen MR) is 117 cm³/mol. The smallest absolute Gasteiger partial charge is 0.251 e. The average molecular weight is 451 g/mol. The molecule has 0 unspecified atom stereocenters. The molecule has 7 nitrogen and oxygen atoms in total. The van der Waals surface area contributed by atoms with Crippen molar-refractivity contribution in [1.82, 2.24) is 9.62 Å². The molecule has 0 radical (unpaired) electrons. The van der Waals surface area contributed by atoms with Gasteiger partial charge in [0, 0.05) is 23.5 Å². The van der Waals surface area contributed by atoms with Crippen molar-refractivity contribution in [1.29, 1.82) is 0 Å². The number of hydrogen-bond acceptors (Lipinski definition) is 6. The SMILES string of the molecule is COc1ccc(C(=O)N[C@H](C)c2ccc(SC)cc2)cc1S(=O)(=O)N1CCOCC1. The summed E-state index contributed by atoms with van der Waals surface area (Å²) in [6, 6.07) is 12.2. The maximum atomic E-state index is 13.1. The highest BCUT2D eigenvalue weighted by Crippen LogP contribution is 2.29. The van der Waals surface area contributed by atoms with Gasteiger partial charge in [0.2, 0.25) is 10.0 Å². The van der Waals surface area contributed by atoms with Gasteiger partial charge in [-0.05, 0) is 49.1 Å².